The maximum Gasteiger partial charge on any atom is 0.171 e. The smallest absolute Gasteiger partial charge is 0.171 e. The molecule has 1 aliphatic rings. The topological polar surface area (TPSA) is 107 Å². The van der Waals surface area contributed by atoms with E-state index in [1.54, 1.807) is 5.01 Å². The van der Waals surface area contributed by atoms with Gasteiger partial charge in [0.05, 0.1) is 0 Å². The predicted molar refractivity (Wildman–Crippen MR) is 68.9 cm³/mol. The molecule has 1 aliphatic carbocycles. The highest BCUT2D eigenvalue weighted by Crippen LogP contribution is 2.31. The second-order valence-electron chi connectivity index (χ2n) is 4.73. The molecule has 2 rings (SSSR count). The molecule has 0 saturated heterocycles. The highest BCUT2D eigenvalue weighted by Gasteiger charge is 2.27. The van der Waals surface area contributed by atoms with Gasteiger partial charge in [-0.05, 0) is 18.8 Å². The zero-order valence-electron chi connectivity index (χ0n) is 10.1. The van der Waals surface area contributed by atoms with Gasteiger partial charge in [0.2, 0.25) is 0 Å². The van der Waals surface area contributed by atoms with Gasteiger partial charge in [0.1, 0.15) is 12.0 Å². The maximum absolute atomic E-state index is 6.14. The van der Waals surface area contributed by atoms with E-state index in [2.05, 4.69) is 16.9 Å². The van der Waals surface area contributed by atoms with Crippen molar-refractivity contribution in [2.24, 2.45) is 11.8 Å². The molecular formula is C11H20N6. The molecule has 17 heavy (non-hydrogen) atoms. The lowest BCUT2D eigenvalue weighted by atomic mass is 9.85. The van der Waals surface area contributed by atoms with Crippen LogP contribution in [0.1, 0.15) is 32.6 Å². The third-order valence-electron chi connectivity index (χ3n) is 3.56. The van der Waals surface area contributed by atoms with Gasteiger partial charge in [-0.2, -0.15) is 0 Å². The van der Waals surface area contributed by atoms with E-state index in [0.717, 1.165) is 6.42 Å². The predicted octanol–water partition coefficient (Wildman–Crippen LogP) is 0.900. The monoisotopic (exact) mass is 236 g/mol. The minimum absolute atomic E-state index is 0.278. The molecule has 0 radical (unpaired) electrons. The zero-order valence-corrected chi connectivity index (χ0v) is 10.1. The molecule has 0 bridgehead atoms. The fourth-order valence-electron chi connectivity index (χ4n) is 2.47. The number of rotatable bonds is 2. The molecule has 1 heterocycles. The molecule has 94 valence electrons. The quantitative estimate of drug-likeness (QED) is 0.520. The maximum atomic E-state index is 6.14. The molecule has 1 fully saturated rings. The molecule has 6 heteroatoms. The van der Waals surface area contributed by atoms with Crippen molar-refractivity contribution in [3.63, 3.8) is 0 Å². The fourth-order valence-corrected chi connectivity index (χ4v) is 2.47. The van der Waals surface area contributed by atoms with Crippen LogP contribution in [0, 0.1) is 5.92 Å². The van der Waals surface area contributed by atoms with Crippen molar-refractivity contribution in [3.05, 3.63) is 6.33 Å². The Balaban J connectivity index is 2.23. The van der Waals surface area contributed by atoms with Crippen LogP contribution in [-0.2, 0) is 0 Å². The van der Waals surface area contributed by atoms with Crippen LogP contribution < -0.4 is 22.3 Å². The zero-order chi connectivity index (χ0) is 12.4. The first-order valence-electron chi connectivity index (χ1n) is 6.01. The fraction of sp³-hybridized carbons (Fsp3) is 0.636. The van der Waals surface area contributed by atoms with Crippen LogP contribution in [0.3, 0.4) is 0 Å². The molecule has 2 unspecified atom stereocenters. The van der Waals surface area contributed by atoms with Gasteiger partial charge < -0.3 is 11.5 Å². The van der Waals surface area contributed by atoms with E-state index in [1.807, 2.05) is 0 Å². The third-order valence-corrected chi connectivity index (χ3v) is 3.56. The summed E-state index contributed by atoms with van der Waals surface area (Å²) in [5, 5.41) is 1.66. The number of hydrogen-bond acceptors (Lipinski definition) is 6. The first kappa shape index (κ1) is 11.9. The van der Waals surface area contributed by atoms with Crippen LogP contribution in [0.4, 0.5) is 17.3 Å². The van der Waals surface area contributed by atoms with Gasteiger partial charge in [-0.3, -0.25) is 5.01 Å². The van der Waals surface area contributed by atoms with Crippen molar-refractivity contribution in [1.29, 1.82) is 0 Å². The van der Waals surface area contributed by atoms with E-state index in [1.165, 1.54) is 25.6 Å². The van der Waals surface area contributed by atoms with Crippen molar-refractivity contribution in [2.75, 3.05) is 16.5 Å². The molecule has 0 spiro atoms. The molecule has 0 amide bonds. The summed E-state index contributed by atoms with van der Waals surface area (Å²) in [6.07, 6.45) is 6.13. The van der Waals surface area contributed by atoms with Gasteiger partial charge in [0.15, 0.2) is 11.6 Å². The molecule has 2 atom stereocenters. The number of hydrazine groups is 1. The average molecular weight is 236 g/mol. The van der Waals surface area contributed by atoms with Gasteiger partial charge in [0, 0.05) is 6.04 Å². The number of aromatic nitrogens is 2. The van der Waals surface area contributed by atoms with E-state index in [0.29, 0.717) is 17.4 Å². The number of anilines is 3. The highest BCUT2D eigenvalue weighted by molar-refractivity contribution is 5.72. The first-order chi connectivity index (χ1) is 8.11. The van der Waals surface area contributed by atoms with Gasteiger partial charge in [-0.25, -0.2) is 15.8 Å². The minimum atomic E-state index is 0.278. The van der Waals surface area contributed by atoms with E-state index in [4.69, 9.17) is 17.3 Å². The second kappa shape index (κ2) is 4.75. The third kappa shape index (κ3) is 2.26. The van der Waals surface area contributed by atoms with Crippen molar-refractivity contribution in [3.8, 4) is 0 Å². The Morgan fingerprint density at radius 3 is 2.65 bits per heavy atom. The molecule has 0 aliphatic heterocycles. The summed E-state index contributed by atoms with van der Waals surface area (Å²) >= 11 is 0. The average Bonchev–Trinajstić information content (AvgIpc) is 2.32. The van der Waals surface area contributed by atoms with Crippen LogP contribution in [0.25, 0.3) is 0 Å². The Labute approximate surface area is 101 Å². The number of nitrogen functional groups attached to an aromatic ring is 2. The Hall–Kier alpha value is -1.56. The second-order valence-corrected chi connectivity index (χ2v) is 4.73. The standard InChI is InChI=1S/C11H20N6/c1-7-4-2-3-5-8(7)17(14)11-9(12)10(13)15-6-16-11/h6-8H,2-5,12,14H2,1H3,(H2,13,15,16). The van der Waals surface area contributed by atoms with Crippen molar-refractivity contribution >= 4 is 17.3 Å². The first-order valence-corrected chi connectivity index (χ1v) is 6.01. The Bertz CT molecular complexity index is 394. The summed E-state index contributed by atoms with van der Waals surface area (Å²) in [6.45, 7) is 2.21. The number of nitrogens with zero attached hydrogens (tertiary/aromatic N) is 3. The highest BCUT2D eigenvalue weighted by atomic mass is 15.5. The van der Waals surface area contributed by atoms with Gasteiger partial charge in [0.25, 0.3) is 0 Å². The Kier molecular flexibility index (Phi) is 3.33. The molecule has 6 N–H and O–H groups in total. The molecule has 1 aromatic rings. The lowest BCUT2D eigenvalue weighted by Gasteiger charge is -2.36. The van der Waals surface area contributed by atoms with Crippen LogP contribution >= 0.6 is 0 Å². The van der Waals surface area contributed by atoms with Gasteiger partial charge in [-0.1, -0.05) is 19.8 Å². The number of nitrogens with two attached hydrogens (primary N) is 3. The summed E-state index contributed by atoms with van der Waals surface area (Å²) in [7, 11) is 0. The van der Waals surface area contributed by atoms with Crippen LogP contribution in [0.2, 0.25) is 0 Å². The lowest BCUT2D eigenvalue weighted by molar-refractivity contribution is 0.313. The van der Waals surface area contributed by atoms with Crippen molar-refractivity contribution < 1.29 is 0 Å². The summed E-state index contributed by atoms with van der Waals surface area (Å²) in [5.74, 6) is 7.51. The normalized spacial score (nSPS) is 24.6. The lowest BCUT2D eigenvalue weighted by Crippen LogP contribution is -2.47. The number of hydrogen-bond donors (Lipinski definition) is 3. The van der Waals surface area contributed by atoms with E-state index in [9.17, 15) is 0 Å². The van der Waals surface area contributed by atoms with E-state index >= 15 is 0 Å². The van der Waals surface area contributed by atoms with Crippen molar-refractivity contribution in [2.45, 2.75) is 38.6 Å². The van der Waals surface area contributed by atoms with Crippen LogP contribution in [0.15, 0.2) is 6.33 Å². The summed E-state index contributed by atoms with van der Waals surface area (Å²) < 4.78 is 0. The van der Waals surface area contributed by atoms with Gasteiger partial charge in [-0.15, -0.1) is 0 Å². The van der Waals surface area contributed by atoms with Crippen LogP contribution in [0.5, 0.6) is 0 Å². The molecular weight excluding hydrogens is 216 g/mol. The molecule has 1 aromatic heterocycles. The minimum Gasteiger partial charge on any atom is -0.393 e. The summed E-state index contributed by atoms with van der Waals surface area (Å²) in [6, 6.07) is 0.278. The largest absolute Gasteiger partial charge is 0.393 e. The van der Waals surface area contributed by atoms with Crippen LogP contribution in [-0.4, -0.2) is 16.0 Å². The molecule has 1 saturated carbocycles. The van der Waals surface area contributed by atoms with Gasteiger partial charge >= 0.3 is 0 Å². The molecule has 6 nitrogen and oxygen atoms in total. The SMILES string of the molecule is CC1CCCCC1N(N)c1ncnc(N)c1N. The summed E-state index contributed by atoms with van der Waals surface area (Å²) in [5.41, 5.74) is 11.9. The van der Waals surface area contributed by atoms with E-state index in [-0.39, 0.29) is 11.9 Å². The van der Waals surface area contributed by atoms with Crippen molar-refractivity contribution in [1.82, 2.24) is 9.97 Å². The Morgan fingerprint density at radius 1 is 1.24 bits per heavy atom. The Morgan fingerprint density at radius 2 is 1.94 bits per heavy atom. The summed E-state index contributed by atoms with van der Waals surface area (Å²) in [4.78, 5) is 7.98. The molecule has 0 aromatic carbocycles. The van der Waals surface area contributed by atoms with E-state index < -0.39 is 0 Å².